The van der Waals surface area contributed by atoms with Gasteiger partial charge in [0.1, 0.15) is 5.82 Å². The lowest BCUT2D eigenvalue weighted by Crippen LogP contribution is -1.95. The van der Waals surface area contributed by atoms with E-state index in [0.29, 0.717) is 5.82 Å². The Morgan fingerprint density at radius 3 is 2.81 bits per heavy atom. The summed E-state index contributed by atoms with van der Waals surface area (Å²) in [6.07, 6.45) is 1.50. The van der Waals surface area contributed by atoms with E-state index in [1.54, 1.807) is 11.6 Å². The average molecular weight is 281 g/mol. The van der Waals surface area contributed by atoms with Crippen LogP contribution < -0.4 is 0 Å². The van der Waals surface area contributed by atoms with E-state index in [1.165, 1.54) is 6.20 Å². The molecule has 4 nitrogen and oxygen atoms in total. The minimum atomic E-state index is -1.02. The van der Waals surface area contributed by atoms with Crippen LogP contribution in [-0.2, 0) is 7.05 Å². The highest BCUT2D eigenvalue weighted by atomic mass is 79.9. The van der Waals surface area contributed by atoms with E-state index in [0.717, 1.165) is 10.0 Å². The highest BCUT2D eigenvalue weighted by Gasteiger charge is 2.12. The Bertz CT molecular complexity index is 549. The van der Waals surface area contributed by atoms with Crippen molar-refractivity contribution in [2.75, 3.05) is 0 Å². The van der Waals surface area contributed by atoms with E-state index in [2.05, 4.69) is 20.9 Å². The van der Waals surface area contributed by atoms with Crippen molar-refractivity contribution >= 4 is 21.9 Å². The molecule has 0 aliphatic carbocycles. The van der Waals surface area contributed by atoms with Crippen LogP contribution in [0.2, 0.25) is 0 Å². The molecule has 0 saturated heterocycles. The molecule has 0 unspecified atom stereocenters. The van der Waals surface area contributed by atoms with Crippen LogP contribution in [0.15, 0.2) is 34.9 Å². The minimum absolute atomic E-state index is 0.0532. The van der Waals surface area contributed by atoms with Gasteiger partial charge in [-0.1, -0.05) is 28.1 Å². The number of hydrogen-bond donors (Lipinski definition) is 1. The number of carbonyl (C=O) groups is 1. The van der Waals surface area contributed by atoms with Crippen LogP contribution in [0, 0.1) is 0 Å². The summed E-state index contributed by atoms with van der Waals surface area (Å²) < 4.78 is 2.63. The molecule has 0 amide bonds. The van der Waals surface area contributed by atoms with E-state index in [-0.39, 0.29) is 5.69 Å². The molecule has 16 heavy (non-hydrogen) atoms. The third kappa shape index (κ3) is 1.99. The molecule has 5 heteroatoms. The number of aromatic nitrogens is 2. The largest absolute Gasteiger partial charge is 0.476 e. The van der Waals surface area contributed by atoms with Gasteiger partial charge in [-0.25, -0.2) is 9.78 Å². The zero-order valence-electron chi connectivity index (χ0n) is 8.51. The number of hydrogen-bond acceptors (Lipinski definition) is 2. The predicted molar refractivity (Wildman–Crippen MR) is 63.3 cm³/mol. The maximum absolute atomic E-state index is 10.8. The normalized spacial score (nSPS) is 10.4. The molecule has 82 valence electrons. The summed E-state index contributed by atoms with van der Waals surface area (Å²) in [5.41, 5.74) is 0.932. The number of carboxylic acid groups (broad SMARTS) is 1. The van der Waals surface area contributed by atoms with Gasteiger partial charge in [0.2, 0.25) is 0 Å². The van der Waals surface area contributed by atoms with Crippen LogP contribution in [-0.4, -0.2) is 20.6 Å². The first-order chi connectivity index (χ1) is 7.58. The van der Waals surface area contributed by atoms with Crippen molar-refractivity contribution in [1.82, 2.24) is 9.55 Å². The molecule has 1 N–H and O–H groups in total. The zero-order valence-corrected chi connectivity index (χ0v) is 10.1. The lowest BCUT2D eigenvalue weighted by atomic mass is 10.2. The highest BCUT2D eigenvalue weighted by Crippen LogP contribution is 2.21. The van der Waals surface area contributed by atoms with E-state index in [1.807, 2.05) is 24.3 Å². The van der Waals surface area contributed by atoms with Gasteiger partial charge < -0.3 is 9.67 Å². The third-order valence-corrected chi connectivity index (χ3v) is 2.67. The van der Waals surface area contributed by atoms with Gasteiger partial charge in [0.15, 0.2) is 5.69 Å². The maximum atomic E-state index is 10.8. The monoisotopic (exact) mass is 280 g/mol. The Hall–Kier alpha value is -1.62. The Labute approximate surface area is 101 Å². The molecule has 1 aromatic carbocycles. The van der Waals surface area contributed by atoms with Crippen LogP contribution in [0.5, 0.6) is 0 Å². The van der Waals surface area contributed by atoms with Crippen LogP contribution in [0.25, 0.3) is 11.4 Å². The summed E-state index contributed by atoms with van der Waals surface area (Å²) in [7, 11) is 1.77. The molecule has 0 bridgehead atoms. The lowest BCUT2D eigenvalue weighted by molar-refractivity contribution is 0.0691. The topological polar surface area (TPSA) is 55.1 Å². The van der Waals surface area contributed by atoms with Crippen molar-refractivity contribution < 1.29 is 9.90 Å². The summed E-state index contributed by atoms with van der Waals surface area (Å²) in [6, 6.07) is 7.58. The first-order valence-electron chi connectivity index (χ1n) is 4.60. The molecule has 0 atom stereocenters. The summed E-state index contributed by atoms with van der Waals surface area (Å²) >= 11 is 3.37. The molecule has 0 fully saturated rings. The molecule has 0 aliphatic rings. The van der Waals surface area contributed by atoms with Crippen LogP contribution in [0.1, 0.15) is 10.5 Å². The summed E-state index contributed by atoms with van der Waals surface area (Å²) in [5, 5.41) is 8.84. The lowest BCUT2D eigenvalue weighted by Gasteiger charge is -2.01. The number of nitrogens with zero attached hydrogens (tertiary/aromatic N) is 2. The SMILES string of the molecule is Cn1cc(C(=O)O)nc1-c1cccc(Br)c1. The first-order valence-corrected chi connectivity index (χ1v) is 5.40. The molecule has 2 rings (SSSR count). The molecular weight excluding hydrogens is 272 g/mol. The van der Waals surface area contributed by atoms with Crippen molar-refractivity contribution in [3.63, 3.8) is 0 Å². The number of benzene rings is 1. The minimum Gasteiger partial charge on any atom is -0.476 e. The maximum Gasteiger partial charge on any atom is 0.356 e. The Morgan fingerprint density at radius 1 is 1.50 bits per heavy atom. The van der Waals surface area contributed by atoms with Gasteiger partial charge in [-0.2, -0.15) is 0 Å². The van der Waals surface area contributed by atoms with Crippen molar-refractivity contribution in [1.29, 1.82) is 0 Å². The van der Waals surface area contributed by atoms with Gasteiger partial charge in [0, 0.05) is 23.3 Å². The smallest absolute Gasteiger partial charge is 0.356 e. The number of aryl methyl sites for hydroxylation is 1. The third-order valence-electron chi connectivity index (χ3n) is 2.18. The summed E-state index contributed by atoms with van der Waals surface area (Å²) in [6.45, 7) is 0. The van der Waals surface area contributed by atoms with Crippen LogP contribution in [0.3, 0.4) is 0 Å². The highest BCUT2D eigenvalue weighted by molar-refractivity contribution is 9.10. The van der Waals surface area contributed by atoms with Gasteiger partial charge in [0.25, 0.3) is 0 Å². The van der Waals surface area contributed by atoms with Gasteiger partial charge in [-0.15, -0.1) is 0 Å². The van der Waals surface area contributed by atoms with Gasteiger partial charge in [-0.3, -0.25) is 0 Å². The standard InChI is InChI=1S/C11H9BrN2O2/c1-14-6-9(11(15)16)13-10(14)7-3-2-4-8(12)5-7/h2-6H,1H3,(H,15,16). The molecule has 1 heterocycles. The second-order valence-corrected chi connectivity index (χ2v) is 4.29. The quantitative estimate of drug-likeness (QED) is 0.920. The molecule has 0 saturated carbocycles. The molecule has 0 aliphatic heterocycles. The predicted octanol–water partition coefficient (Wildman–Crippen LogP) is 2.55. The van der Waals surface area contributed by atoms with Crippen LogP contribution in [0.4, 0.5) is 0 Å². The van der Waals surface area contributed by atoms with Crippen LogP contribution >= 0.6 is 15.9 Å². The van der Waals surface area contributed by atoms with Crippen molar-refractivity contribution in [2.24, 2.45) is 7.05 Å². The van der Waals surface area contributed by atoms with Crippen molar-refractivity contribution in [3.05, 3.63) is 40.6 Å². The van der Waals surface area contributed by atoms with Gasteiger partial charge in [0.05, 0.1) is 0 Å². The number of carboxylic acids is 1. The Kier molecular flexibility index (Phi) is 2.78. The molecule has 2 aromatic rings. The second kappa shape index (κ2) is 4.09. The second-order valence-electron chi connectivity index (χ2n) is 3.38. The molecule has 0 radical (unpaired) electrons. The fourth-order valence-corrected chi connectivity index (χ4v) is 1.86. The molecular formula is C11H9BrN2O2. The Balaban J connectivity index is 2.52. The number of imidazole rings is 1. The fourth-order valence-electron chi connectivity index (χ4n) is 1.47. The number of aromatic carboxylic acids is 1. The summed E-state index contributed by atoms with van der Waals surface area (Å²) in [4.78, 5) is 14.8. The number of halogens is 1. The fraction of sp³-hybridized carbons (Fsp3) is 0.0909. The average Bonchev–Trinajstić information content (AvgIpc) is 2.60. The van der Waals surface area contributed by atoms with E-state index >= 15 is 0 Å². The van der Waals surface area contributed by atoms with Crippen molar-refractivity contribution in [2.45, 2.75) is 0 Å². The summed E-state index contributed by atoms with van der Waals surface area (Å²) in [5.74, 6) is -0.379. The molecule has 1 aromatic heterocycles. The Morgan fingerprint density at radius 2 is 2.25 bits per heavy atom. The number of rotatable bonds is 2. The van der Waals surface area contributed by atoms with E-state index in [4.69, 9.17) is 5.11 Å². The van der Waals surface area contributed by atoms with Crippen molar-refractivity contribution in [3.8, 4) is 11.4 Å². The zero-order chi connectivity index (χ0) is 11.7. The first kappa shape index (κ1) is 10.9. The van der Waals surface area contributed by atoms with Gasteiger partial charge >= 0.3 is 5.97 Å². The van der Waals surface area contributed by atoms with E-state index in [9.17, 15) is 4.79 Å². The molecule has 0 spiro atoms. The van der Waals surface area contributed by atoms with Gasteiger partial charge in [-0.05, 0) is 12.1 Å². The van der Waals surface area contributed by atoms with E-state index < -0.39 is 5.97 Å².